The second-order valence-electron chi connectivity index (χ2n) is 3.48. The molecular weight excluding hydrogens is 152 g/mol. The maximum Gasteiger partial charge on any atom is 0.330 e. The molecule has 0 aliphatic rings. The molecule has 0 amide bonds. The fourth-order valence-electron chi connectivity index (χ4n) is 1.20. The Labute approximate surface area is 74.6 Å². The fraction of sp³-hybridized carbons (Fsp3) is 0.700. The van der Waals surface area contributed by atoms with Crippen LogP contribution in [0.1, 0.15) is 27.7 Å². The highest BCUT2D eigenvalue weighted by atomic mass is 16.5. The molecule has 0 spiro atoms. The first kappa shape index (κ1) is 11.2. The molecule has 0 unspecified atom stereocenters. The number of carbonyl (C=O) groups excluding carboxylic acids is 1. The quantitative estimate of drug-likeness (QED) is 0.480. The van der Waals surface area contributed by atoms with E-state index in [1.54, 1.807) is 6.08 Å². The number of allylic oxidation sites excluding steroid dienone is 1. The highest BCUT2D eigenvalue weighted by Crippen LogP contribution is 2.18. The molecule has 0 fully saturated rings. The van der Waals surface area contributed by atoms with Crippen LogP contribution in [0.3, 0.4) is 0 Å². The molecule has 70 valence electrons. The predicted octanol–water partition coefficient (Wildman–Crippen LogP) is 2.40. The summed E-state index contributed by atoms with van der Waals surface area (Å²) < 4.78 is 4.57. The van der Waals surface area contributed by atoms with Gasteiger partial charge in [-0.3, -0.25) is 0 Å². The zero-order chi connectivity index (χ0) is 9.72. The zero-order valence-corrected chi connectivity index (χ0v) is 8.55. The Kier molecular flexibility index (Phi) is 4.64. The first-order valence-electron chi connectivity index (χ1n) is 4.28. The van der Waals surface area contributed by atoms with E-state index in [2.05, 4.69) is 32.4 Å². The topological polar surface area (TPSA) is 26.3 Å². The largest absolute Gasteiger partial charge is 0.466 e. The molecule has 0 aromatic heterocycles. The molecular formula is C10H18O2. The van der Waals surface area contributed by atoms with Gasteiger partial charge in [-0.05, 0) is 11.8 Å². The van der Waals surface area contributed by atoms with Crippen LogP contribution in [-0.2, 0) is 9.53 Å². The summed E-state index contributed by atoms with van der Waals surface area (Å²) in [6, 6.07) is 0. The van der Waals surface area contributed by atoms with Crippen molar-refractivity contribution >= 4 is 5.97 Å². The maximum absolute atomic E-state index is 10.9. The lowest BCUT2D eigenvalue weighted by molar-refractivity contribution is -0.134. The lowest BCUT2D eigenvalue weighted by Crippen LogP contribution is -2.06. The van der Waals surface area contributed by atoms with Crippen molar-refractivity contribution in [2.24, 2.45) is 11.8 Å². The molecule has 0 bridgehead atoms. The van der Waals surface area contributed by atoms with Gasteiger partial charge in [-0.25, -0.2) is 4.79 Å². The van der Waals surface area contributed by atoms with Crippen molar-refractivity contribution in [1.29, 1.82) is 0 Å². The smallest absolute Gasteiger partial charge is 0.330 e. The van der Waals surface area contributed by atoms with Crippen molar-refractivity contribution < 1.29 is 9.53 Å². The van der Waals surface area contributed by atoms with Crippen molar-refractivity contribution in [3.63, 3.8) is 0 Å². The molecule has 0 aromatic rings. The average molecular weight is 170 g/mol. The maximum atomic E-state index is 10.9. The van der Waals surface area contributed by atoms with Crippen molar-refractivity contribution in [1.82, 2.24) is 0 Å². The van der Waals surface area contributed by atoms with Crippen LogP contribution in [-0.4, -0.2) is 13.1 Å². The van der Waals surface area contributed by atoms with E-state index in [0.29, 0.717) is 11.8 Å². The van der Waals surface area contributed by atoms with Gasteiger partial charge < -0.3 is 4.74 Å². The van der Waals surface area contributed by atoms with Crippen LogP contribution in [0.25, 0.3) is 0 Å². The lowest BCUT2D eigenvalue weighted by Gasteiger charge is -2.14. The monoisotopic (exact) mass is 170 g/mol. The molecule has 0 saturated heterocycles. The second-order valence-corrected chi connectivity index (χ2v) is 3.48. The molecule has 2 heteroatoms. The van der Waals surface area contributed by atoms with Gasteiger partial charge in [0.2, 0.25) is 0 Å². The Hall–Kier alpha value is -0.790. The van der Waals surface area contributed by atoms with Crippen molar-refractivity contribution in [2.45, 2.75) is 27.7 Å². The summed E-state index contributed by atoms with van der Waals surface area (Å²) >= 11 is 0. The SMILES string of the molecule is COC(=O)C=C(C(C)C)C(C)C. The molecule has 2 nitrogen and oxygen atoms in total. The van der Waals surface area contributed by atoms with Crippen molar-refractivity contribution in [3.05, 3.63) is 11.6 Å². The summed E-state index contributed by atoms with van der Waals surface area (Å²) in [6.45, 7) is 8.31. The molecule has 0 N–H and O–H groups in total. The van der Waals surface area contributed by atoms with Gasteiger partial charge in [-0.15, -0.1) is 0 Å². The third kappa shape index (κ3) is 3.56. The molecule has 0 saturated carbocycles. The summed E-state index contributed by atoms with van der Waals surface area (Å²) in [5.41, 5.74) is 1.14. The molecule has 0 aromatic carbocycles. The van der Waals surface area contributed by atoms with Gasteiger partial charge >= 0.3 is 5.97 Å². The van der Waals surface area contributed by atoms with Gasteiger partial charge in [0.25, 0.3) is 0 Å². The van der Waals surface area contributed by atoms with Crippen LogP contribution < -0.4 is 0 Å². The highest BCUT2D eigenvalue weighted by molar-refractivity contribution is 5.82. The molecule has 0 heterocycles. The van der Waals surface area contributed by atoms with Crippen molar-refractivity contribution in [2.75, 3.05) is 7.11 Å². The fourth-order valence-corrected chi connectivity index (χ4v) is 1.20. The number of methoxy groups -OCH3 is 1. The van der Waals surface area contributed by atoms with E-state index in [-0.39, 0.29) is 5.97 Å². The molecule has 0 atom stereocenters. The standard InChI is InChI=1S/C10H18O2/c1-7(2)9(8(3)4)6-10(11)12-5/h6-8H,1-5H3. The van der Waals surface area contributed by atoms with E-state index in [1.807, 2.05) is 0 Å². The van der Waals surface area contributed by atoms with E-state index in [0.717, 1.165) is 5.57 Å². The number of hydrogen-bond acceptors (Lipinski definition) is 2. The van der Waals surface area contributed by atoms with Gasteiger partial charge in [-0.2, -0.15) is 0 Å². The lowest BCUT2D eigenvalue weighted by atomic mass is 9.92. The van der Waals surface area contributed by atoms with Gasteiger partial charge in [0, 0.05) is 6.08 Å². The van der Waals surface area contributed by atoms with Gasteiger partial charge in [0.15, 0.2) is 0 Å². The number of esters is 1. The van der Waals surface area contributed by atoms with Gasteiger partial charge in [0.05, 0.1) is 7.11 Å². The number of hydrogen-bond donors (Lipinski definition) is 0. The number of carbonyl (C=O) groups is 1. The summed E-state index contributed by atoms with van der Waals surface area (Å²) in [5, 5.41) is 0. The molecule has 0 aliphatic heterocycles. The third-order valence-corrected chi connectivity index (χ3v) is 1.82. The summed E-state index contributed by atoms with van der Waals surface area (Å²) in [5.74, 6) is 0.556. The van der Waals surface area contributed by atoms with Crippen LogP contribution in [0, 0.1) is 11.8 Å². The minimum atomic E-state index is -0.257. The van der Waals surface area contributed by atoms with Gasteiger partial charge in [-0.1, -0.05) is 33.3 Å². The third-order valence-electron chi connectivity index (χ3n) is 1.82. The van der Waals surface area contributed by atoms with E-state index in [1.165, 1.54) is 7.11 Å². The van der Waals surface area contributed by atoms with E-state index < -0.39 is 0 Å². The van der Waals surface area contributed by atoms with Crippen LogP contribution >= 0.6 is 0 Å². The van der Waals surface area contributed by atoms with E-state index >= 15 is 0 Å². The van der Waals surface area contributed by atoms with Crippen molar-refractivity contribution in [3.8, 4) is 0 Å². The summed E-state index contributed by atoms with van der Waals surface area (Å²) in [4.78, 5) is 10.9. The number of ether oxygens (including phenoxy) is 1. The Morgan fingerprint density at radius 1 is 1.17 bits per heavy atom. The van der Waals surface area contributed by atoms with Crippen LogP contribution in [0.4, 0.5) is 0 Å². The molecule has 0 aliphatic carbocycles. The molecule has 0 radical (unpaired) electrons. The molecule has 0 rings (SSSR count). The number of rotatable bonds is 3. The Bertz CT molecular complexity index is 168. The summed E-state index contributed by atoms with van der Waals surface area (Å²) in [6.07, 6.45) is 1.59. The highest BCUT2D eigenvalue weighted by Gasteiger charge is 2.09. The van der Waals surface area contributed by atoms with Crippen LogP contribution in [0.15, 0.2) is 11.6 Å². The second kappa shape index (κ2) is 4.96. The molecule has 12 heavy (non-hydrogen) atoms. The first-order chi connectivity index (χ1) is 5.49. The normalized spacial score (nSPS) is 10.2. The zero-order valence-electron chi connectivity index (χ0n) is 8.55. The van der Waals surface area contributed by atoms with Crippen LogP contribution in [0.2, 0.25) is 0 Å². The van der Waals surface area contributed by atoms with Gasteiger partial charge in [0.1, 0.15) is 0 Å². The minimum absolute atomic E-state index is 0.257. The van der Waals surface area contributed by atoms with E-state index in [4.69, 9.17) is 0 Å². The van der Waals surface area contributed by atoms with Crippen LogP contribution in [0.5, 0.6) is 0 Å². The Balaban J connectivity index is 4.50. The Morgan fingerprint density at radius 2 is 1.58 bits per heavy atom. The Morgan fingerprint density at radius 3 is 1.83 bits per heavy atom. The average Bonchev–Trinajstić information content (AvgIpc) is 1.98. The van der Waals surface area contributed by atoms with E-state index in [9.17, 15) is 4.79 Å². The summed E-state index contributed by atoms with van der Waals surface area (Å²) in [7, 11) is 1.40. The predicted molar refractivity (Wildman–Crippen MR) is 49.8 cm³/mol. The minimum Gasteiger partial charge on any atom is -0.466 e. The first-order valence-corrected chi connectivity index (χ1v) is 4.28.